The number of carbonyl (C=O) groups is 1. The van der Waals surface area contributed by atoms with Gasteiger partial charge >= 0.3 is 5.97 Å². The Morgan fingerprint density at radius 3 is 2.52 bits per heavy atom. The number of carboxylic acids is 1. The lowest BCUT2D eigenvalue weighted by molar-refractivity contribution is 0.0697. The van der Waals surface area contributed by atoms with Crippen molar-refractivity contribution in [3.8, 4) is 17.0 Å². The summed E-state index contributed by atoms with van der Waals surface area (Å²) in [5, 5.41) is 9.54. The molecule has 0 spiro atoms. The molecule has 2 aromatic heterocycles. The van der Waals surface area contributed by atoms with Crippen molar-refractivity contribution < 1.29 is 19.4 Å². The number of hydrogen-bond donors (Lipinski definition) is 1. The van der Waals surface area contributed by atoms with Crippen molar-refractivity contribution in [2.24, 2.45) is 0 Å². The maximum atomic E-state index is 11.6. The zero-order valence-electron chi connectivity index (χ0n) is 19.1. The van der Waals surface area contributed by atoms with Crippen molar-refractivity contribution in [3.05, 3.63) is 89.2 Å². The highest BCUT2D eigenvalue weighted by molar-refractivity contribution is 5.96. The van der Waals surface area contributed by atoms with Crippen molar-refractivity contribution >= 4 is 11.6 Å². The monoisotopic (exact) mass is 444 g/mol. The van der Waals surface area contributed by atoms with E-state index in [0.717, 1.165) is 34.5 Å². The molecule has 0 aliphatic heterocycles. The average molecular weight is 445 g/mol. The Morgan fingerprint density at radius 1 is 1.06 bits per heavy atom. The van der Waals surface area contributed by atoms with E-state index in [4.69, 9.17) is 9.47 Å². The number of hydrogen-bond acceptors (Lipinski definition) is 4. The molecule has 0 saturated carbocycles. The van der Waals surface area contributed by atoms with Crippen molar-refractivity contribution in [1.29, 1.82) is 0 Å². The summed E-state index contributed by atoms with van der Waals surface area (Å²) in [5.74, 6) is -0.353. The first-order chi connectivity index (χ1) is 16.0. The molecule has 0 unspecified atom stereocenters. The van der Waals surface area contributed by atoms with Gasteiger partial charge in [0.1, 0.15) is 11.8 Å². The van der Waals surface area contributed by atoms with Gasteiger partial charge in [-0.2, -0.15) is 4.98 Å². The van der Waals surface area contributed by atoms with Crippen LogP contribution in [0.15, 0.2) is 66.9 Å². The quantitative estimate of drug-likeness (QED) is 0.347. The number of pyridine rings is 1. The van der Waals surface area contributed by atoms with E-state index in [1.807, 2.05) is 66.9 Å². The van der Waals surface area contributed by atoms with Gasteiger partial charge < -0.3 is 14.6 Å². The van der Waals surface area contributed by atoms with Crippen molar-refractivity contribution in [3.63, 3.8) is 0 Å². The third-order valence-corrected chi connectivity index (χ3v) is 5.55. The van der Waals surface area contributed by atoms with E-state index in [0.29, 0.717) is 24.7 Å². The van der Waals surface area contributed by atoms with Gasteiger partial charge in [0.15, 0.2) is 0 Å². The molecule has 33 heavy (non-hydrogen) atoms. The Morgan fingerprint density at radius 2 is 1.82 bits per heavy atom. The molecule has 4 rings (SSSR count). The first-order valence-electron chi connectivity index (χ1n) is 11.2. The van der Waals surface area contributed by atoms with E-state index in [1.54, 1.807) is 12.1 Å². The van der Waals surface area contributed by atoms with Crippen LogP contribution >= 0.6 is 0 Å². The van der Waals surface area contributed by atoms with Gasteiger partial charge in [0.2, 0.25) is 5.88 Å². The lowest BCUT2D eigenvalue weighted by Crippen LogP contribution is -2.11. The predicted molar refractivity (Wildman–Crippen MR) is 128 cm³/mol. The number of nitrogens with zero attached hydrogens (tertiary/aromatic N) is 2. The van der Waals surface area contributed by atoms with E-state index in [2.05, 4.69) is 18.0 Å². The summed E-state index contributed by atoms with van der Waals surface area (Å²) in [4.78, 5) is 16.3. The Hall–Kier alpha value is -3.64. The van der Waals surface area contributed by atoms with Crippen molar-refractivity contribution in [2.75, 3.05) is 13.2 Å². The molecule has 4 aromatic rings. The summed E-state index contributed by atoms with van der Waals surface area (Å²) in [7, 11) is 0. The molecule has 2 heterocycles. The molecule has 6 heteroatoms. The van der Waals surface area contributed by atoms with Gasteiger partial charge in [0.05, 0.1) is 24.1 Å². The van der Waals surface area contributed by atoms with Crippen LogP contribution in [0.3, 0.4) is 0 Å². The fraction of sp³-hybridized carbons (Fsp3) is 0.259. The molecule has 0 aliphatic carbocycles. The number of aryl methyl sites for hydroxylation is 1. The fourth-order valence-corrected chi connectivity index (χ4v) is 3.98. The molecule has 0 amide bonds. The molecule has 0 radical (unpaired) electrons. The highest BCUT2D eigenvalue weighted by Gasteiger charge is 2.20. The number of rotatable bonds is 9. The smallest absolute Gasteiger partial charge is 0.336 e. The van der Waals surface area contributed by atoms with Gasteiger partial charge in [-0.15, -0.1) is 0 Å². The minimum atomic E-state index is -0.939. The molecule has 170 valence electrons. The van der Waals surface area contributed by atoms with E-state index in [-0.39, 0.29) is 11.7 Å². The van der Waals surface area contributed by atoms with E-state index in [1.165, 1.54) is 0 Å². The summed E-state index contributed by atoms with van der Waals surface area (Å²) >= 11 is 0. The standard InChI is InChI=1S/C27H28N2O4/c1-4-16-33-25(23-15-10-18(3)26-28-24(32-5-2)17-29(23)26)20-13-11-19(12-14-20)21-8-6-7-9-22(21)27(30)31/h6-15,17,25H,4-5,16H2,1-3H3,(H,30,31)/t25-/m1/s1. The average Bonchev–Trinajstić information content (AvgIpc) is 3.26. The maximum Gasteiger partial charge on any atom is 0.336 e. The van der Waals surface area contributed by atoms with Crippen LogP contribution in [-0.4, -0.2) is 33.7 Å². The normalized spacial score (nSPS) is 12.1. The van der Waals surface area contributed by atoms with Crippen LogP contribution in [-0.2, 0) is 4.74 Å². The van der Waals surface area contributed by atoms with Crippen LogP contribution in [0.5, 0.6) is 5.88 Å². The summed E-state index contributed by atoms with van der Waals surface area (Å²) in [6, 6.07) is 19.0. The Bertz CT molecular complexity index is 1260. The van der Waals surface area contributed by atoms with Gasteiger partial charge in [0, 0.05) is 6.61 Å². The van der Waals surface area contributed by atoms with E-state index >= 15 is 0 Å². The second kappa shape index (κ2) is 9.88. The minimum absolute atomic E-state index is 0.283. The Kier molecular flexibility index (Phi) is 6.75. The maximum absolute atomic E-state index is 11.6. The Balaban J connectivity index is 1.76. The molecular weight excluding hydrogens is 416 g/mol. The summed E-state index contributed by atoms with van der Waals surface area (Å²) in [5.41, 5.74) is 5.66. The molecular formula is C27H28N2O4. The number of imidazole rings is 1. The number of ether oxygens (including phenoxy) is 2. The van der Waals surface area contributed by atoms with Crippen LogP contribution in [0.1, 0.15) is 53.6 Å². The lowest BCUT2D eigenvalue weighted by atomic mass is 9.97. The summed E-state index contributed by atoms with van der Waals surface area (Å²) in [6.45, 7) is 7.20. The zero-order valence-corrected chi connectivity index (χ0v) is 19.1. The second-order valence-electron chi connectivity index (χ2n) is 7.87. The topological polar surface area (TPSA) is 73.1 Å². The number of fused-ring (bicyclic) bond motifs is 1. The first-order valence-corrected chi connectivity index (χ1v) is 11.2. The Labute approximate surface area is 193 Å². The van der Waals surface area contributed by atoms with Gasteiger partial charge in [-0.05, 0) is 54.7 Å². The van der Waals surface area contributed by atoms with Crippen LogP contribution in [0.25, 0.3) is 16.8 Å². The van der Waals surface area contributed by atoms with E-state index in [9.17, 15) is 9.90 Å². The van der Waals surface area contributed by atoms with Crippen LogP contribution in [0.2, 0.25) is 0 Å². The molecule has 1 atom stereocenters. The second-order valence-corrected chi connectivity index (χ2v) is 7.87. The van der Waals surface area contributed by atoms with Crippen molar-refractivity contribution in [1.82, 2.24) is 9.38 Å². The summed E-state index contributed by atoms with van der Waals surface area (Å²) in [6.07, 6.45) is 2.49. The fourth-order valence-electron chi connectivity index (χ4n) is 3.98. The lowest BCUT2D eigenvalue weighted by Gasteiger charge is -2.21. The molecule has 0 saturated heterocycles. The number of aromatic carboxylic acids is 1. The van der Waals surface area contributed by atoms with Crippen LogP contribution in [0.4, 0.5) is 0 Å². The SMILES string of the molecule is CCCO[C@H](c1ccc(-c2ccccc2C(=O)O)cc1)c1ccc(C)c2nc(OCC)cn12. The predicted octanol–water partition coefficient (Wildman–Crippen LogP) is 5.92. The zero-order chi connectivity index (χ0) is 23.4. The van der Waals surface area contributed by atoms with Crippen LogP contribution in [0, 0.1) is 6.92 Å². The molecule has 6 nitrogen and oxygen atoms in total. The van der Waals surface area contributed by atoms with Crippen molar-refractivity contribution in [2.45, 2.75) is 33.3 Å². The largest absolute Gasteiger partial charge is 0.478 e. The molecule has 2 aromatic carbocycles. The third-order valence-electron chi connectivity index (χ3n) is 5.55. The van der Waals surface area contributed by atoms with Gasteiger partial charge in [-0.3, -0.25) is 4.40 Å². The molecule has 0 aliphatic rings. The van der Waals surface area contributed by atoms with E-state index < -0.39 is 5.97 Å². The number of aromatic nitrogens is 2. The number of carboxylic acid groups (broad SMARTS) is 1. The molecule has 1 N–H and O–H groups in total. The van der Waals surface area contributed by atoms with Gasteiger partial charge in [0.25, 0.3) is 0 Å². The van der Waals surface area contributed by atoms with Crippen LogP contribution < -0.4 is 4.74 Å². The molecule has 0 bridgehead atoms. The number of benzene rings is 2. The highest BCUT2D eigenvalue weighted by Crippen LogP contribution is 2.32. The first kappa shape index (κ1) is 22.6. The molecule has 0 fully saturated rings. The summed E-state index contributed by atoms with van der Waals surface area (Å²) < 4.78 is 14.0. The van der Waals surface area contributed by atoms with Gasteiger partial charge in [-0.1, -0.05) is 55.5 Å². The minimum Gasteiger partial charge on any atom is -0.478 e. The highest BCUT2D eigenvalue weighted by atomic mass is 16.5. The third kappa shape index (κ3) is 4.61. The van der Waals surface area contributed by atoms with Gasteiger partial charge in [-0.25, -0.2) is 4.79 Å².